The van der Waals surface area contributed by atoms with Crippen molar-refractivity contribution in [3.05, 3.63) is 158 Å². The lowest BCUT2D eigenvalue weighted by Crippen LogP contribution is -1.89. The number of benzene rings is 7. The van der Waals surface area contributed by atoms with Gasteiger partial charge in [0.1, 0.15) is 11.1 Å². The van der Waals surface area contributed by atoms with E-state index in [1.807, 2.05) is 28.9 Å². The Bertz CT molecular complexity index is 3170. The normalized spacial score (nSPS) is 11.9. The van der Waals surface area contributed by atoms with Crippen molar-refractivity contribution in [2.45, 2.75) is 0 Å². The minimum atomic E-state index is 0.679. The van der Waals surface area contributed by atoms with E-state index in [-0.39, 0.29) is 0 Å². The van der Waals surface area contributed by atoms with Crippen LogP contribution in [0.15, 0.2) is 162 Å². The van der Waals surface area contributed by atoms with Crippen LogP contribution in [0.3, 0.4) is 0 Å². The van der Waals surface area contributed by atoms with Crippen molar-refractivity contribution in [1.82, 2.24) is 9.97 Å². The number of rotatable bonds is 4. The standard InChI is InChI=1S/C46H26N2OS2/c1-3-22-40-34(14-1)36-19-8-17-32(44(36)50-40)28-11-5-10-27(24-28)31-16-7-21-38-42-39(49-43(31)38)26-47-46(48-42)30-13-6-12-29(25-30)33-18-9-20-37-35-15-2-4-23-41(35)51-45(33)37/h1-26H. The minimum Gasteiger partial charge on any atom is -0.452 e. The number of para-hydroxylation sites is 1. The molecule has 5 heteroatoms. The number of furan rings is 1. The Balaban J connectivity index is 1.00. The van der Waals surface area contributed by atoms with Gasteiger partial charge in [0, 0.05) is 56.9 Å². The fourth-order valence-electron chi connectivity index (χ4n) is 7.58. The second-order valence-corrected chi connectivity index (χ2v) is 15.0. The van der Waals surface area contributed by atoms with Crippen molar-refractivity contribution >= 4 is 85.1 Å². The molecule has 0 saturated carbocycles. The second-order valence-electron chi connectivity index (χ2n) is 12.9. The summed E-state index contributed by atoms with van der Waals surface area (Å²) in [6, 6.07) is 54.2. The van der Waals surface area contributed by atoms with Crippen LogP contribution in [0.5, 0.6) is 0 Å². The predicted octanol–water partition coefficient (Wildman–Crippen LogP) is 13.8. The van der Waals surface area contributed by atoms with Gasteiger partial charge in [-0.2, -0.15) is 0 Å². The lowest BCUT2D eigenvalue weighted by Gasteiger charge is -2.08. The van der Waals surface area contributed by atoms with Crippen LogP contribution >= 0.6 is 22.7 Å². The van der Waals surface area contributed by atoms with Gasteiger partial charge in [-0.05, 0) is 58.1 Å². The lowest BCUT2D eigenvalue weighted by molar-refractivity contribution is 0.667. The first-order chi connectivity index (χ1) is 25.3. The van der Waals surface area contributed by atoms with E-state index in [9.17, 15) is 0 Å². The lowest BCUT2D eigenvalue weighted by atomic mass is 9.97. The largest absolute Gasteiger partial charge is 0.452 e. The van der Waals surface area contributed by atoms with Crippen LogP contribution in [-0.4, -0.2) is 9.97 Å². The Morgan fingerprint density at radius 3 is 1.57 bits per heavy atom. The van der Waals surface area contributed by atoms with Crippen LogP contribution < -0.4 is 0 Å². The zero-order valence-corrected chi connectivity index (χ0v) is 28.8. The maximum atomic E-state index is 6.53. The summed E-state index contributed by atoms with van der Waals surface area (Å²) < 4.78 is 11.8. The molecule has 0 aliphatic rings. The van der Waals surface area contributed by atoms with E-state index in [4.69, 9.17) is 14.4 Å². The first kappa shape index (κ1) is 28.7. The van der Waals surface area contributed by atoms with Gasteiger partial charge in [-0.25, -0.2) is 9.97 Å². The topological polar surface area (TPSA) is 38.9 Å². The molecule has 4 heterocycles. The van der Waals surface area contributed by atoms with Crippen molar-refractivity contribution in [1.29, 1.82) is 0 Å². The Morgan fingerprint density at radius 2 is 0.922 bits per heavy atom. The number of hydrogen-bond acceptors (Lipinski definition) is 5. The Kier molecular flexibility index (Phi) is 6.29. The Hall–Kier alpha value is -6.14. The Morgan fingerprint density at radius 1 is 0.431 bits per heavy atom. The zero-order chi connectivity index (χ0) is 33.5. The number of thiophene rings is 2. The molecule has 3 nitrogen and oxygen atoms in total. The molecule has 11 rings (SSSR count). The molecule has 0 bridgehead atoms. The maximum Gasteiger partial charge on any atom is 0.172 e. The van der Waals surface area contributed by atoms with Gasteiger partial charge in [0.25, 0.3) is 0 Å². The monoisotopic (exact) mass is 686 g/mol. The molecule has 0 N–H and O–H groups in total. The first-order valence-corrected chi connectivity index (χ1v) is 18.6. The summed E-state index contributed by atoms with van der Waals surface area (Å²) in [7, 11) is 0. The number of aromatic nitrogens is 2. The van der Waals surface area contributed by atoms with Crippen LogP contribution in [0.25, 0.3) is 107 Å². The molecule has 0 atom stereocenters. The molecule has 0 unspecified atom stereocenters. The highest BCUT2D eigenvalue weighted by atomic mass is 32.1. The molecule has 0 aliphatic carbocycles. The minimum absolute atomic E-state index is 0.679. The molecule has 7 aromatic carbocycles. The van der Waals surface area contributed by atoms with E-state index >= 15 is 0 Å². The van der Waals surface area contributed by atoms with Gasteiger partial charge >= 0.3 is 0 Å². The third-order valence-corrected chi connectivity index (χ3v) is 12.4. The van der Waals surface area contributed by atoms with Crippen molar-refractivity contribution in [2.24, 2.45) is 0 Å². The summed E-state index contributed by atoms with van der Waals surface area (Å²) in [5.74, 6) is 0.680. The molecule has 0 radical (unpaired) electrons. The molecule has 11 aromatic rings. The van der Waals surface area contributed by atoms with Crippen LogP contribution in [0, 0.1) is 0 Å². The van der Waals surface area contributed by atoms with Gasteiger partial charge < -0.3 is 4.42 Å². The van der Waals surface area contributed by atoms with Gasteiger partial charge in [0.05, 0.1) is 6.20 Å². The molecule has 238 valence electrons. The van der Waals surface area contributed by atoms with Gasteiger partial charge in [-0.15, -0.1) is 22.7 Å². The van der Waals surface area contributed by atoms with Gasteiger partial charge in [-0.1, -0.05) is 121 Å². The first-order valence-electron chi connectivity index (χ1n) is 17.0. The summed E-state index contributed by atoms with van der Waals surface area (Å²) in [6.07, 6.45) is 1.82. The third kappa shape index (κ3) is 4.49. The average molecular weight is 687 g/mol. The van der Waals surface area contributed by atoms with Crippen molar-refractivity contribution in [2.75, 3.05) is 0 Å². The molecule has 0 fully saturated rings. The second kappa shape index (κ2) is 11.2. The van der Waals surface area contributed by atoms with Crippen LogP contribution in [0.2, 0.25) is 0 Å². The Labute approximate surface area is 300 Å². The van der Waals surface area contributed by atoms with E-state index in [2.05, 4.69) is 152 Å². The van der Waals surface area contributed by atoms with E-state index in [1.165, 1.54) is 57.0 Å². The summed E-state index contributed by atoms with van der Waals surface area (Å²) in [4.78, 5) is 9.93. The zero-order valence-electron chi connectivity index (χ0n) is 27.1. The molecule has 0 amide bonds. The van der Waals surface area contributed by atoms with E-state index in [1.54, 1.807) is 0 Å². The summed E-state index contributed by atoms with van der Waals surface area (Å²) in [5.41, 5.74) is 10.2. The molecule has 0 aliphatic heterocycles. The molecule has 4 aromatic heterocycles. The number of fused-ring (bicyclic) bond motifs is 9. The van der Waals surface area contributed by atoms with Crippen molar-refractivity contribution < 1.29 is 4.42 Å². The summed E-state index contributed by atoms with van der Waals surface area (Å²) >= 11 is 3.70. The van der Waals surface area contributed by atoms with E-state index in [0.29, 0.717) is 11.4 Å². The van der Waals surface area contributed by atoms with Crippen LogP contribution in [0.4, 0.5) is 0 Å². The average Bonchev–Trinajstić information content (AvgIpc) is 3.89. The quantitative estimate of drug-likeness (QED) is 0.185. The van der Waals surface area contributed by atoms with Crippen LogP contribution in [0.1, 0.15) is 0 Å². The number of hydrogen-bond donors (Lipinski definition) is 0. The van der Waals surface area contributed by atoms with E-state index in [0.717, 1.165) is 38.7 Å². The molecule has 51 heavy (non-hydrogen) atoms. The highest BCUT2D eigenvalue weighted by molar-refractivity contribution is 7.26. The van der Waals surface area contributed by atoms with Gasteiger partial charge in [0.15, 0.2) is 11.4 Å². The van der Waals surface area contributed by atoms with Crippen LogP contribution in [-0.2, 0) is 0 Å². The fourth-order valence-corrected chi connectivity index (χ4v) is 10.1. The smallest absolute Gasteiger partial charge is 0.172 e. The third-order valence-electron chi connectivity index (χ3n) is 9.96. The highest BCUT2D eigenvalue weighted by Gasteiger charge is 2.17. The van der Waals surface area contributed by atoms with E-state index < -0.39 is 0 Å². The highest BCUT2D eigenvalue weighted by Crippen LogP contribution is 2.43. The fraction of sp³-hybridized carbons (Fsp3) is 0. The van der Waals surface area contributed by atoms with Gasteiger partial charge in [0.2, 0.25) is 0 Å². The van der Waals surface area contributed by atoms with Gasteiger partial charge in [-0.3, -0.25) is 0 Å². The molecule has 0 saturated heterocycles. The molecular weight excluding hydrogens is 661 g/mol. The summed E-state index contributed by atoms with van der Waals surface area (Å²) in [5, 5.41) is 6.18. The number of nitrogens with zero attached hydrogens (tertiary/aromatic N) is 2. The summed E-state index contributed by atoms with van der Waals surface area (Å²) in [6.45, 7) is 0. The maximum absolute atomic E-state index is 6.53. The SMILES string of the molecule is c1cc(-c2ncc3oc4c(-c5cccc(-c6cccc7c6sc6ccccc67)c5)cccc4c3n2)cc(-c2cccc3c2sc2ccccc23)c1. The van der Waals surface area contributed by atoms with Crippen molar-refractivity contribution in [3.8, 4) is 44.8 Å². The molecule has 0 spiro atoms. The van der Waals surface area contributed by atoms with Crippen molar-refractivity contribution in [3.63, 3.8) is 0 Å². The predicted molar refractivity (Wildman–Crippen MR) is 217 cm³/mol. The molecular formula is C46H26N2OS2.